The molecule has 2 atom stereocenters. The summed E-state index contributed by atoms with van der Waals surface area (Å²) in [5, 5.41) is 0.572. The Balaban J connectivity index is 1.69. The van der Waals surface area contributed by atoms with Crippen LogP contribution in [0.5, 0.6) is 0 Å². The topological polar surface area (TPSA) is 54.3 Å². The Morgan fingerprint density at radius 3 is 2.71 bits per heavy atom. The molecule has 1 aliphatic heterocycles. The third kappa shape index (κ3) is 3.38. The molecule has 1 aliphatic rings. The molecule has 0 amide bonds. The van der Waals surface area contributed by atoms with Crippen LogP contribution in [-0.2, 0) is 16.8 Å². The normalized spacial score (nSPS) is 20.4. The third-order valence-corrected chi connectivity index (χ3v) is 7.09. The first-order valence-electron chi connectivity index (χ1n) is 9.17. The highest BCUT2D eigenvalue weighted by molar-refractivity contribution is 7.97. The largest absolute Gasteiger partial charge is 0.354 e. The van der Waals surface area contributed by atoms with Crippen molar-refractivity contribution in [2.45, 2.75) is 13.0 Å². The SMILES string of the molecule is C=S(C)(=O)N1CCN(c2cc(-c3nc4ccccc4n3C)c(Cl)cn2)C[C@@H]1C. The van der Waals surface area contributed by atoms with Crippen molar-refractivity contribution in [3.05, 3.63) is 41.6 Å². The quantitative estimate of drug-likeness (QED) is 0.614. The van der Waals surface area contributed by atoms with Crippen LogP contribution in [-0.4, -0.2) is 60.9 Å². The van der Waals surface area contributed by atoms with Crippen molar-refractivity contribution in [1.29, 1.82) is 0 Å². The molecule has 0 aliphatic carbocycles. The molecule has 2 aromatic heterocycles. The predicted octanol–water partition coefficient (Wildman–Crippen LogP) is 3.06. The Hall–Kier alpha value is -2.09. The highest BCUT2D eigenvalue weighted by Gasteiger charge is 2.28. The minimum atomic E-state index is -2.21. The van der Waals surface area contributed by atoms with Crippen LogP contribution in [0, 0.1) is 0 Å². The van der Waals surface area contributed by atoms with Gasteiger partial charge in [0, 0.05) is 60.4 Å². The van der Waals surface area contributed by atoms with Gasteiger partial charge in [-0.05, 0) is 31.0 Å². The molecular weight excluding hydrogens is 394 g/mol. The second kappa shape index (κ2) is 7.06. The lowest BCUT2D eigenvalue weighted by Gasteiger charge is -2.40. The number of hydrogen-bond donors (Lipinski definition) is 0. The van der Waals surface area contributed by atoms with Crippen molar-refractivity contribution in [3.8, 4) is 11.4 Å². The minimum absolute atomic E-state index is 0.125. The lowest BCUT2D eigenvalue weighted by atomic mass is 10.2. The summed E-state index contributed by atoms with van der Waals surface area (Å²) in [6.45, 7) is 4.23. The fraction of sp³-hybridized carbons (Fsp3) is 0.350. The smallest absolute Gasteiger partial charge is 0.142 e. The van der Waals surface area contributed by atoms with E-state index in [2.05, 4.69) is 27.2 Å². The number of piperazine rings is 1. The van der Waals surface area contributed by atoms with Gasteiger partial charge in [0.2, 0.25) is 0 Å². The van der Waals surface area contributed by atoms with Gasteiger partial charge in [0.15, 0.2) is 0 Å². The fourth-order valence-corrected chi connectivity index (χ4v) is 5.36. The first kappa shape index (κ1) is 19.2. The molecule has 8 heteroatoms. The summed E-state index contributed by atoms with van der Waals surface area (Å²) in [5.74, 6) is 5.50. The Bertz CT molecular complexity index is 1140. The van der Waals surface area contributed by atoms with E-state index >= 15 is 0 Å². The maximum atomic E-state index is 12.4. The number of hydrogen-bond acceptors (Lipinski definition) is 4. The van der Waals surface area contributed by atoms with Gasteiger partial charge < -0.3 is 9.47 Å². The van der Waals surface area contributed by atoms with E-state index in [0.29, 0.717) is 11.6 Å². The van der Waals surface area contributed by atoms with Crippen molar-refractivity contribution >= 4 is 44.0 Å². The van der Waals surface area contributed by atoms with Gasteiger partial charge in [0.25, 0.3) is 0 Å². The molecule has 1 unspecified atom stereocenters. The number of benzene rings is 1. The van der Waals surface area contributed by atoms with Crippen molar-refractivity contribution in [3.63, 3.8) is 0 Å². The lowest BCUT2D eigenvalue weighted by Crippen LogP contribution is -2.53. The molecular formula is C20H24ClN5OS. The van der Waals surface area contributed by atoms with E-state index in [1.54, 1.807) is 12.5 Å². The highest BCUT2D eigenvalue weighted by atomic mass is 35.5. The second-order valence-corrected chi connectivity index (χ2v) is 10.2. The Labute approximate surface area is 170 Å². The van der Waals surface area contributed by atoms with Gasteiger partial charge in [-0.1, -0.05) is 23.7 Å². The molecule has 28 heavy (non-hydrogen) atoms. The predicted molar refractivity (Wildman–Crippen MR) is 119 cm³/mol. The van der Waals surface area contributed by atoms with E-state index < -0.39 is 9.71 Å². The summed E-state index contributed by atoms with van der Waals surface area (Å²) in [6, 6.07) is 10.1. The van der Waals surface area contributed by atoms with Gasteiger partial charge in [-0.2, -0.15) is 0 Å². The molecule has 6 nitrogen and oxygen atoms in total. The van der Waals surface area contributed by atoms with Gasteiger partial charge in [0.1, 0.15) is 11.6 Å². The van der Waals surface area contributed by atoms with Crippen molar-refractivity contribution in [2.24, 2.45) is 7.05 Å². The number of anilines is 1. The van der Waals surface area contributed by atoms with Crippen LogP contribution in [0.15, 0.2) is 36.5 Å². The molecule has 0 bridgehead atoms. The van der Waals surface area contributed by atoms with Crippen LogP contribution in [0.3, 0.4) is 0 Å². The van der Waals surface area contributed by atoms with Gasteiger partial charge in [-0.3, -0.25) is 4.21 Å². The molecule has 0 saturated carbocycles. The van der Waals surface area contributed by atoms with Crippen LogP contribution < -0.4 is 4.90 Å². The molecule has 3 aromatic rings. The first-order chi connectivity index (χ1) is 13.3. The Morgan fingerprint density at radius 1 is 1.29 bits per heavy atom. The van der Waals surface area contributed by atoms with E-state index in [1.807, 2.05) is 41.7 Å². The van der Waals surface area contributed by atoms with Crippen LogP contribution >= 0.6 is 11.6 Å². The molecule has 148 valence electrons. The van der Waals surface area contributed by atoms with E-state index in [4.69, 9.17) is 16.6 Å². The lowest BCUT2D eigenvalue weighted by molar-refractivity contribution is 0.322. The summed E-state index contributed by atoms with van der Waals surface area (Å²) in [5.41, 5.74) is 2.85. The maximum absolute atomic E-state index is 12.4. The summed E-state index contributed by atoms with van der Waals surface area (Å²) in [6.07, 6.45) is 3.39. The first-order valence-corrected chi connectivity index (χ1v) is 11.6. The summed E-state index contributed by atoms with van der Waals surface area (Å²) >= 11 is 6.49. The van der Waals surface area contributed by atoms with E-state index in [0.717, 1.165) is 41.3 Å². The number of rotatable bonds is 3. The number of aryl methyl sites for hydroxylation is 1. The zero-order valence-corrected chi connectivity index (χ0v) is 17.9. The Kier molecular flexibility index (Phi) is 4.85. The van der Waals surface area contributed by atoms with Crippen LogP contribution in [0.4, 0.5) is 5.82 Å². The minimum Gasteiger partial charge on any atom is -0.354 e. The molecule has 1 fully saturated rings. The average molecular weight is 418 g/mol. The number of para-hydroxylation sites is 2. The molecule has 1 saturated heterocycles. The average Bonchev–Trinajstić information content (AvgIpc) is 2.98. The van der Waals surface area contributed by atoms with Gasteiger partial charge in [-0.25, -0.2) is 14.3 Å². The molecule has 1 aromatic carbocycles. The maximum Gasteiger partial charge on any atom is 0.142 e. The fourth-order valence-electron chi connectivity index (χ4n) is 3.88. The van der Waals surface area contributed by atoms with Gasteiger partial charge >= 0.3 is 0 Å². The molecule has 4 rings (SSSR count). The second-order valence-electron chi connectivity index (χ2n) is 7.40. The van der Waals surface area contributed by atoms with Gasteiger partial charge in [0.05, 0.1) is 16.1 Å². The van der Waals surface area contributed by atoms with E-state index in [1.165, 1.54) is 0 Å². The summed E-state index contributed by atoms with van der Waals surface area (Å²) in [4.78, 5) is 11.5. The monoisotopic (exact) mass is 417 g/mol. The number of nitrogens with zero attached hydrogens (tertiary/aromatic N) is 5. The standard InChI is InChI=1S/C20H24ClN5OS/c1-14-13-25(9-10-26(14)28(3,4)27)19-11-15(16(21)12-22-19)20-23-17-7-5-6-8-18(17)24(20)2/h5-8,11-12,14H,3,9-10,13H2,1-2,4H3/t14-,28?/m0/s1. The molecule has 3 heterocycles. The summed E-state index contributed by atoms with van der Waals surface area (Å²) in [7, 11) is -0.213. The number of fused-ring (bicyclic) bond motifs is 1. The molecule has 0 N–H and O–H groups in total. The van der Waals surface area contributed by atoms with E-state index in [9.17, 15) is 4.21 Å². The van der Waals surface area contributed by atoms with Crippen LogP contribution in [0.25, 0.3) is 22.4 Å². The summed E-state index contributed by atoms with van der Waals surface area (Å²) < 4.78 is 16.4. The number of aromatic nitrogens is 3. The van der Waals surface area contributed by atoms with Crippen LogP contribution in [0.2, 0.25) is 5.02 Å². The van der Waals surface area contributed by atoms with Crippen LogP contribution in [0.1, 0.15) is 6.92 Å². The van der Waals surface area contributed by atoms with Crippen molar-refractivity contribution < 1.29 is 4.21 Å². The number of halogens is 1. The zero-order chi connectivity index (χ0) is 20.1. The van der Waals surface area contributed by atoms with Crippen molar-refractivity contribution in [1.82, 2.24) is 18.8 Å². The van der Waals surface area contributed by atoms with Gasteiger partial charge in [-0.15, -0.1) is 0 Å². The number of imidazole rings is 1. The highest BCUT2D eigenvalue weighted by Crippen LogP contribution is 2.32. The zero-order valence-electron chi connectivity index (χ0n) is 16.3. The Morgan fingerprint density at radius 2 is 2.04 bits per heavy atom. The van der Waals surface area contributed by atoms with Crippen molar-refractivity contribution in [2.75, 3.05) is 30.8 Å². The van der Waals surface area contributed by atoms with E-state index in [-0.39, 0.29) is 6.04 Å². The molecule has 0 radical (unpaired) electrons. The number of pyridine rings is 1. The third-order valence-electron chi connectivity index (χ3n) is 5.26. The molecule has 0 spiro atoms.